The monoisotopic (exact) mass is 161 g/mol. The molecule has 0 saturated carbocycles. The molecule has 2 unspecified atom stereocenters. The van der Waals surface area contributed by atoms with Crippen molar-refractivity contribution in [1.29, 1.82) is 0 Å². The van der Waals surface area contributed by atoms with Crippen molar-refractivity contribution in [2.24, 2.45) is 0 Å². The molecule has 1 saturated heterocycles. The van der Waals surface area contributed by atoms with Gasteiger partial charge in [-0.1, -0.05) is 20.3 Å². The Morgan fingerprint density at radius 1 is 1.64 bits per heavy atom. The number of hydrogen-bond donors (Lipinski definition) is 1. The number of rotatable bonds is 1. The minimum atomic E-state index is -0.815. The first-order valence-electron chi connectivity index (χ1n) is 4.07. The molecule has 1 aliphatic heterocycles. The number of carbonyl (C=O) groups excluding carboxylic acids is 1. The lowest BCUT2D eigenvalue weighted by Gasteiger charge is -1.93. The van der Waals surface area contributed by atoms with Crippen molar-refractivity contribution < 1.29 is 9.18 Å². The molecule has 1 heterocycles. The molecule has 0 amide bonds. The zero-order chi connectivity index (χ0) is 8.69. The van der Waals surface area contributed by atoms with Gasteiger partial charge in [0, 0.05) is 13.0 Å². The second-order valence-electron chi connectivity index (χ2n) is 2.69. The van der Waals surface area contributed by atoms with Crippen LogP contribution in [0.15, 0.2) is 0 Å². The SMILES string of the molecule is CCC.O=CC1CC(F)CN1. The van der Waals surface area contributed by atoms with Crippen molar-refractivity contribution in [1.82, 2.24) is 5.32 Å². The zero-order valence-corrected chi connectivity index (χ0v) is 7.14. The molecule has 11 heavy (non-hydrogen) atoms. The van der Waals surface area contributed by atoms with E-state index in [9.17, 15) is 9.18 Å². The van der Waals surface area contributed by atoms with Crippen molar-refractivity contribution in [2.45, 2.75) is 38.9 Å². The maximum atomic E-state index is 12.1. The quantitative estimate of drug-likeness (QED) is 0.587. The minimum absolute atomic E-state index is 0.231. The molecule has 0 aromatic rings. The molecule has 1 rings (SSSR count). The summed E-state index contributed by atoms with van der Waals surface area (Å²) < 4.78 is 12.1. The van der Waals surface area contributed by atoms with Crippen LogP contribution in [0.25, 0.3) is 0 Å². The third kappa shape index (κ3) is 4.90. The van der Waals surface area contributed by atoms with Gasteiger partial charge in [-0.2, -0.15) is 0 Å². The Balaban J connectivity index is 0.000000292. The van der Waals surface area contributed by atoms with Crippen LogP contribution in [0.1, 0.15) is 26.7 Å². The number of hydrogen-bond acceptors (Lipinski definition) is 2. The second kappa shape index (κ2) is 6.28. The molecule has 0 aliphatic carbocycles. The summed E-state index contributed by atoms with van der Waals surface area (Å²) in [5.74, 6) is 0. The molecule has 3 heteroatoms. The van der Waals surface area contributed by atoms with Gasteiger partial charge in [0.15, 0.2) is 0 Å². The van der Waals surface area contributed by atoms with Crippen LogP contribution in [0.5, 0.6) is 0 Å². The molecule has 0 radical (unpaired) electrons. The molecule has 1 N–H and O–H groups in total. The highest BCUT2D eigenvalue weighted by Gasteiger charge is 2.21. The lowest BCUT2D eigenvalue weighted by atomic mass is 10.2. The highest BCUT2D eigenvalue weighted by molar-refractivity contribution is 5.58. The van der Waals surface area contributed by atoms with E-state index in [1.807, 2.05) is 0 Å². The Labute approximate surface area is 67.2 Å². The highest BCUT2D eigenvalue weighted by atomic mass is 19.1. The summed E-state index contributed by atoms with van der Waals surface area (Å²) >= 11 is 0. The first-order valence-corrected chi connectivity index (χ1v) is 4.07. The Hall–Kier alpha value is -0.440. The van der Waals surface area contributed by atoms with Crippen molar-refractivity contribution in [2.75, 3.05) is 6.54 Å². The van der Waals surface area contributed by atoms with E-state index < -0.39 is 6.17 Å². The lowest BCUT2D eigenvalue weighted by molar-refractivity contribution is -0.109. The number of carbonyl (C=O) groups is 1. The zero-order valence-electron chi connectivity index (χ0n) is 7.14. The van der Waals surface area contributed by atoms with Crippen LogP contribution in [0, 0.1) is 0 Å². The molecule has 66 valence electrons. The number of halogens is 1. The maximum Gasteiger partial charge on any atom is 0.137 e. The molecule has 0 aromatic carbocycles. The van der Waals surface area contributed by atoms with Crippen molar-refractivity contribution in [3.05, 3.63) is 0 Å². The van der Waals surface area contributed by atoms with Gasteiger partial charge in [0.1, 0.15) is 12.5 Å². The Morgan fingerprint density at radius 2 is 2.18 bits per heavy atom. The molecule has 0 spiro atoms. The summed E-state index contributed by atoms with van der Waals surface area (Å²) in [6.45, 7) is 4.59. The van der Waals surface area contributed by atoms with Gasteiger partial charge >= 0.3 is 0 Å². The van der Waals surface area contributed by atoms with Gasteiger partial charge in [0.25, 0.3) is 0 Å². The third-order valence-electron chi connectivity index (χ3n) is 1.28. The number of nitrogens with one attached hydrogen (secondary N) is 1. The maximum absolute atomic E-state index is 12.1. The van der Waals surface area contributed by atoms with Crippen LogP contribution in [-0.4, -0.2) is 25.0 Å². The van der Waals surface area contributed by atoms with Crippen LogP contribution in [-0.2, 0) is 4.79 Å². The smallest absolute Gasteiger partial charge is 0.137 e. The topological polar surface area (TPSA) is 29.1 Å². The fraction of sp³-hybridized carbons (Fsp3) is 0.875. The predicted octanol–water partition coefficient (Wildman–Crippen LogP) is 1.30. The van der Waals surface area contributed by atoms with E-state index in [0.29, 0.717) is 13.0 Å². The standard InChI is InChI=1S/C5H8FNO.C3H8/c6-4-1-5(3-8)7-2-4;1-3-2/h3-5,7H,1-2H2;3H2,1-2H3. The molecular weight excluding hydrogens is 145 g/mol. The second-order valence-corrected chi connectivity index (χ2v) is 2.69. The summed E-state index contributed by atoms with van der Waals surface area (Å²) in [7, 11) is 0. The van der Waals surface area contributed by atoms with Crippen LogP contribution in [0.4, 0.5) is 4.39 Å². The van der Waals surface area contributed by atoms with E-state index >= 15 is 0 Å². The van der Waals surface area contributed by atoms with E-state index in [-0.39, 0.29) is 6.04 Å². The average Bonchev–Trinajstić information content (AvgIpc) is 2.37. The van der Waals surface area contributed by atoms with Gasteiger partial charge < -0.3 is 10.1 Å². The largest absolute Gasteiger partial charge is 0.305 e. The Bertz CT molecular complexity index is 108. The van der Waals surface area contributed by atoms with Gasteiger partial charge in [-0.15, -0.1) is 0 Å². The van der Waals surface area contributed by atoms with Gasteiger partial charge in [0.05, 0.1) is 6.04 Å². The summed E-state index contributed by atoms with van der Waals surface area (Å²) in [6, 6.07) is -0.231. The first-order chi connectivity index (χ1) is 5.24. The van der Waals surface area contributed by atoms with E-state index in [4.69, 9.17) is 0 Å². The molecule has 0 bridgehead atoms. The molecule has 0 aromatic heterocycles. The van der Waals surface area contributed by atoms with Crippen molar-refractivity contribution in [3.63, 3.8) is 0 Å². The number of aldehydes is 1. The molecule has 1 aliphatic rings. The normalized spacial score (nSPS) is 29.0. The molecule has 2 nitrogen and oxygen atoms in total. The van der Waals surface area contributed by atoms with Gasteiger partial charge in [-0.25, -0.2) is 4.39 Å². The highest BCUT2D eigenvalue weighted by Crippen LogP contribution is 2.06. The Kier molecular flexibility index (Phi) is 6.03. The summed E-state index contributed by atoms with van der Waals surface area (Å²) in [4.78, 5) is 9.92. The predicted molar refractivity (Wildman–Crippen MR) is 43.3 cm³/mol. The van der Waals surface area contributed by atoms with Gasteiger partial charge in [0.2, 0.25) is 0 Å². The minimum Gasteiger partial charge on any atom is -0.305 e. The van der Waals surface area contributed by atoms with Crippen LogP contribution in [0.2, 0.25) is 0 Å². The third-order valence-corrected chi connectivity index (χ3v) is 1.28. The van der Waals surface area contributed by atoms with E-state index in [1.54, 1.807) is 0 Å². The molecular formula is C8H16FNO. The van der Waals surface area contributed by atoms with Crippen molar-refractivity contribution in [3.8, 4) is 0 Å². The van der Waals surface area contributed by atoms with Crippen molar-refractivity contribution >= 4 is 6.29 Å². The molecule has 1 fully saturated rings. The van der Waals surface area contributed by atoms with E-state index in [0.717, 1.165) is 6.29 Å². The summed E-state index contributed by atoms with van der Waals surface area (Å²) in [5, 5.41) is 2.71. The fourth-order valence-corrected chi connectivity index (χ4v) is 0.825. The van der Waals surface area contributed by atoms with Crippen LogP contribution in [0.3, 0.4) is 0 Å². The summed E-state index contributed by atoms with van der Waals surface area (Å²) in [6.07, 6.45) is 1.54. The van der Waals surface area contributed by atoms with Crippen LogP contribution >= 0.6 is 0 Å². The van der Waals surface area contributed by atoms with E-state index in [2.05, 4.69) is 19.2 Å². The van der Waals surface area contributed by atoms with E-state index in [1.165, 1.54) is 6.42 Å². The van der Waals surface area contributed by atoms with Crippen LogP contribution < -0.4 is 5.32 Å². The van der Waals surface area contributed by atoms with Gasteiger partial charge in [-0.3, -0.25) is 0 Å². The number of alkyl halides is 1. The average molecular weight is 161 g/mol. The lowest BCUT2D eigenvalue weighted by Crippen LogP contribution is -2.22. The Morgan fingerprint density at radius 3 is 2.36 bits per heavy atom. The molecule has 2 atom stereocenters. The van der Waals surface area contributed by atoms with Gasteiger partial charge in [-0.05, 0) is 0 Å². The first kappa shape index (κ1) is 10.6. The summed E-state index contributed by atoms with van der Waals surface area (Å²) in [5.41, 5.74) is 0. The fourth-order valence-electron chi connectivity index (χ4n) is 0.825.